The molecule has 0 bridgehead atoms. The normalized spacial score (nSPS) is 23.6. The van der Waals surface area contributed by atoms with Gasteiger partial charge in [0.05, 0.1) is 13.2 Å². The van der Waals surface area contributed by atoms with E-state index in [1.54, 1.807) is 24.3 Å². The van der Waals surface area contributed by atoms with E-state index in [0.717, 1.165) is 21.3 Å². The first-order chi connectivity index (χ1) is 16.5. The summed E-state index contributed by atoms with van der Waals surface area (Å²) in [6, 6.07) is 20.7. The number of esters is 1. The van der Waals surface area contributed by atoms with Gasteiger partial charge in [0.1, 0.15) is 11.5 Å². The predicted octanol–water partition coefficient (Wildman–Crippen LogP) is 5.06. The van der Waals surface area contributed by atoms with E-state index >= 15 is 0 Å². The van der Waals surface area contributed by atoms with Crippen LogP contribution >= 0.6 is 15.9 Å². The topological polar surface area (TPSA) is 63.7 Å². The average molecular weight is 514 g/mol. The highest BCUT2D eigenvalue weighted by atomic mass is 79.9. The Kier molecular flexibility index (Phi) is 4.64. The van der Waals surface area contributed by atoms with Crippen LogP contribution in [0.1, 0.15) is 37.8 Å². The lowest BCUT2D eigenvalue weighted by Gasteiger charge is -2.36. The molecule has 6 rings (SSSR count). The van der Waals surface area contributed by atoms with Crippen LogP contribution in [-0.2, 0) is 9.53 Å². The van der Waals surface area contributed by atoms with Crippen LogP contribution < -0.4 is 4.90 Å². The third-order valence-corrected chi connectivity index (χ3v) is 7.91. The van der Waals surface area contributed by atoms with Crippen LogP contribution in [0.2, 0.25) is 0 Å². The van der Waals surface area contributed by atoms with Gasteiger partial charge in [0, 0.05) is 27.2 Å². The SMILES string of the molecule is COC(=O)C1C(c2ccc(Br)cc2)C2(C(=O)c3ccccc3C2=O)C2C=Cc3ccccc3N12. The molecule has 1 aliphatic carbocycles. The minimum absolute atomic E-state index is 0.244. The fourth-order valence-electron chi connectivity index (χ4n) is 6.05. The van der Waals surface area contributed by atoms with Gasteiger partial charge in [-0.3, -0.25) is 9.59 Å². The van der Waals surface area contributed by atoms with Crippen LogP contribution in [0, 0.1) is 5.41 Å². The van der Waals surface area contributed by atoms with Gasteiger partial charge in [0.2, 0.25) is 0 Å². The average Bonchev–Trinajstić information content (AvgIpc) is 3.31. The molecule has 5 nitrogen and oxygen atoms in total. The van der Waals surface area contributed by atoms with Gasteiger partial charge in [-0.2, -0.15) is 0 Å². The van der Waals surface area contributed by atoms with Crippen LogP contribution in [-0.4, -0.2) is 36.7 Å². The molecule has 168 valence electrons. The molecular weight excluding hydrogens is 494 g/mol. The number of nitrogens with zero attached hydrogens (tertiary/aromatic N) is 1. The van der Waals surface area contributed by atoms with Crippen molar-refractivity contribution in [3.8, 4) is 0 Å². The molecule has 0 saturated carbocycles. The number of para-hydroxylation sites is 1. The number of anilines is 1. The van der Waals surface area contributed by atoms with Gasteiger partial charge in [0.25, 0.3) is 0 Å². The number of ether oxygens (including phenoxy) is 1. The lowest BCUT2D eigenvalue weighted by molar-refractivity contribution is -0.142. The molecule has 2 heterocycles. The molecule has 2 aliphatic heterocycles. The van der Waals surface area contributed by atoms with Crippen molar-refractivity contribution in [1.82, 2.24) is 0 Å². The standard InChI is InChI=1S/C28H20BrNO4/c1-34-27(33)24-23(17-10-13-18(29)14-11-17)28(25(31)19-7-3-4-8-20(19)26(28)32)22-15-12-16-6-2-5-9-21(16)30(22)24/h2-15,22-24H,1H3. The van der Waals surface area contributed by atoms with Crippen LogP contribution in [0.4, 0.5) is 5.69 Å². The lowest BCUT2D eigenvalue weighted by atomic mass is 9.65. The zero-order valence-electron chi connectivity index (χ0n) is 18.3. The zero-order valence-corrected chi connectivity index (χ0v) is 19.9. The molecule has 1 spiro atoms. The third kappa shape index (κ3) is 2.57. The Balaban J connectivity index is 1.69. The highest BCUT2D eigenvalue weighted by Gasteiger charge is 2.71. The molecule has 3 aromatic rings. The molecule has 1 saturated heterocycles. The number of ketones is 2. The summed E-state index contributed by atoms with van der Waals surface area (Å²) in [6.45, 7) is 0. The van der Waals surface area contributed by atoms with Gasteiger partial charge in [-0.05, 0) is 29.3 Å². The number of Topliss-reactive ketones (excluding diaryl/α,β-unsaturated/α-hetero) is 2. The summed E-state index contributed by atoms with van der Waals surface area (Å²) in [6.07, 6.45) is 3.85. The van der Waals surface area contributed by atoms with Gasteiger partial charge in [-0.15, -0.1) is 0 Å². The summed E-state index contributed by atoms with van der Waals surface area (Å²) in [5, 5.41) is 0. The Labute approximate surface area is 205 Å². The van der Waals surface area contributed by atoms with Gasteiger partial charge in [-0.1, -0.05) is 82.7 Å². The van der Waals surface area contributed by atoms with Crippen LogP contribution in [0.25, 0.3) is 6.08 Å². The lowest BCUT2D eigenvalue weighted by Crippen LogP contribution is -2.48. The van der Waals surface area contributed by atoms with E-state index in [1.807, 2.05) is 65.6 Å². The van der Waals surface area contributed by atoms with Crippen molar-refractivity contribution in [2.45, 2.75) is 18.0 Å². The van der Waals surface area contributed by atoms with E-state index in [0.29, 0.717) is 11.1 Å². The number of carbonyl (C=O) groups excluding carboxylic acids is 3. The van der Waals surface area contributed by atoms with E-state index in [-0.39, 0.29) is 11.6 Å². The Hall–Kier alpha value is -3.51. The first kappa shape index (κ1) is 21.1. The summed E-state index contributed by atoms with van der Waals surface area (Å²) in [4.78, 5) is 43.9. The second-order valence-electron chi connectivity index (χ2n) is 8.84. The van der Waals surface area contributed by atoms with Gasteiger partial charge < -0.3 is 9.64 Å². The fraction of sp³-hybridized carbons (Fsp3) is 0.179. The number of halogens is 1. The quantitative estimate of drug-likeness (QED) is 0.354. The van der Waals surface area contributed by atoms with Crippen molar-refractivity contribution in [3.05, 3.63) is 106 Å². The molecule has 0 amide bonds. The summed E-state index contributed by atoms with van der Waals surface area (Å²) in [7, 11) is 1.35. The van der Waals surface area contributed by atoms with E-state index in [4.69, 9.17) is 4.74 Å². The van der Waals surface area contributed by atoms with Gasteiger partial charge in [0.15, 0.2) is 11.6 Å². The minimum atomic E-state index is -1.49. The fourth-order valence-corrected chi connectivity index (χ4v) is 6.32. The maximum atomic E-state index is 14.3. The number of hydrogen-bond donors (Lipinski definition) is 0. The minimum Gasteiger partial charge on any atom is -0.467 e. The number of rotatable bonds is 2. The molecule has 3 atom stereocenters. The van der Waals surface area contributed by atoms with Crippen molar-refractivity contribution >= 4 is 45.2 Å². The molecule has 0 N–H and O–H groups in total. The van der Waals surface area contributed by atoms with Crippen molar-refractivity contribution in [3.63, 3.8) is 0 Å². The first-order valence-corrected chi connectivity index (χ1v) is 11.9. The van der Waals surface area contributed by atoms with Crippen molar-refractivity contribution in [1.29, 1.82) is 0 Å². The van der Waals surface area contributed by atoms with E-state index < -0.39 is 29.4 Å². The Bertz CT molecular complexity index is 1360. The second-order valence-corrected chi connectivity index (χ2v) is 9.76. The number of methoxy groups -OCH3 is 1. The number of fused-ring (bicyclic) bond motifs is 5. The van der Waals surface area contributed by atoms with E-state index in [9.17, 15) is 14.4 Å². The largest absolute Gasteiger partial charge is 0.467 e. The molecule has 1 fully saturated rings. The summed E-state index contributed by atoms with van der Waals surface area (Å²) >= 11 is 3.47. The zero-order chi connectivity index (χ0) is 23.6. The number of benzene rings is 3. The monoisotopic (exact) mass is 513 g/mol. The molecule has 3 unspecified atom stereocenters. The summed E-state index contributed by atoms with van der Waals surface area (Å²) in [5.41, 5.74) is 1.81. The number of hydrogen-bond acceptors (Lipinski definition) is 5. The van der Waals surface area contributed by atoms with E-state index in [2.05, 4.69) is 15.9 Å². The molecule has 0 aromatic heterocycles. The highest BCUT2D eigenvalue weighted by Crippen LogP contribution is 2.60. The second kappa shape index (κ2) is 7.50. The number of carbonyl (C=O) groups is 3. The van der Waals surface area contributed by atoms with Gasteiger partial charge in [-0.25, -0.2) is 4.79 Å². The van der Waals surface area contributed by atoms with Crippen LogP contribution in [0.5, 0.6) is 0 Å². The molecule has 3 aliphatic rings. The van der Waals surface area contributed by atoms with Crippen LogP contribution in [0.3, 0.4) is 0 Å². The predicted molar refractivity (Wildman–Crippen MR) is 132 cm³/mol. The maximum Gasteiger partial charge on any atom is 0.329 e. The van der Waals surface area contributed by atoms with E-state index in [1.165, 1.54) is 7.11 Å². The molecule has 3 aromatic carbocycles. The molecule has 34 heavy (non-hydrogen) atoms. The summed E-state index contributed by atoms with van der Waals surface area (Å²) in [5.74, 6) is -1.70. The van der Waals surface area contributed by atoms with Crippen LogP contribution in [0.15, 0.2) is 83.3 Å². The summed E-state index contributed by atoms with van der Waals surface area (Å²) < 4.78 is 6.16. The van der Waals surface area contributed by atoms with Crippen molar-refractivity contribution in [2.75, 3.05) is 12.0 Å². The molecular formula is C28H20BrNO4. The molecule has 6 heteroatoms. The Morgan fingerprint density at radius 3 is 2.18 bits per heavy atom. The van der Waals surface area contributed by atoms with Crippen molar-refractivity contribution < 1.29 is 19.1 Å². The third-order valence-electron chi connectivity index (χ3n) is 7.38. The van der Waals surface area contributed by atoms with Gasteiger partial charge >= 0.3 is 5.97 Å². The Morgan fingerprint density at radius 2 is 1.53 bits per heavy atom. The van der Waals surface area contributed by atoms with Crippen molar-refractivity contribution in [2.24, 2.45) is 5.41 Å². The highest BCUT2D eigenvalue weighted by molar-refractivity contribution is 9.10. The first-order valence-electron chi connectivity index (χ1n) is 11.1. The maximum absolute atomic E-state index is 14.3. The molecule has 0 radical (unpaired) electrons. The Morgan fingerprint density at radius 1 is 0.912 bits per heavy atom. The smallest absolute Gasteiger partial charge is 0.329 e.